The van der Waals surface area contributed by atoms with Gasteiger partial charge in [-0.2, -0.15) is 18.3 Å². The molecule has 37 heavy (non-hydrogen) atoms. The Balaban J connectivity index is 1.42. The zero-order chi connectivity index (χ0) is 26.5. The number of nitrogens with two attached hydrogens (primary N) is 1. The molecule has 2 aromatic heterocycles. The number of pyridine rings is 1. The molecular weight excluding hydrogens is 481 g/mol. The van der Waals surface area contributed by atoms with Crippen molar-refractivity contribution in [2.24, 2.45) is 11.1 Å². The van der Waals surface area contributed by atoms with E-state index in [0.29, 0.717) is 29.2 Å². The molecule has 4 heterocycles. The van der Waals surface area contributed by atoms with Gasteiger partial charge in [-0.05, 0) is 63.8 Å². The van der Waals surface area contributed by atoms with Crippen LogP contribution >= 0.6 is 0 Å². The van der Waals surface area contributed by atoms with Crippen LogP contribution in [0, 0.1) is 19.3 Å². The largest absolute Gasteiger partial charge is 0.416 e. The second kappa shape index (κ2) is 9.40. The van der Waals surface area contributed by atoms with Gasteiger partial charge >= 0.3 is 6.18 Å². The third-order valence-corrected chi connectivity index (χ3v) is 8.24. The first-order chi connectivity index (χ1) is 17.5. The lowest BCUT2D eigenvalue weighted by Gasteiger charge is -2.42. The van der Waals surface area contributed by atoms with E-state index in [1.165, 1.54) is 13.0 Å². The fourth-order valence-electron chi connectivity index (χ4n) is 5.82. The maximum Gasteiger partial charge on any atom is 0.416 e. The van der Waals surface area contributed by atoms with Crippen molar-refractivity contribution in [3.8, 4) is 0 Å². The van der Waals surface area contributed by atoms with E-state index in [0.717, 1.165) is 43.1 Å². The second-order valence-electron chi connectivity index (χ2n) is 10.5. The van der Waals surface area contributed by atoms with Crippen LogP contribution in [0.25, 0.3) is 10.9 Å². The molecule has 3 atom stereocenters. The number of rotatable bonds is 4. The van der Waals surface area contributed by atoms with Crippen molar-refractivity contribution < 1.29 is 17.9 Å². The van der Waals surface area contributed by atoms with E-state index in [1.54, 1.807) is 6.07 Å². The van der Waals surface area contributed by atoms with Crippen molar-refractivity contribution in [3.05, 3.63) is 52.8 Å². The lowest BCUT2D eigenvalue weighted by atomic mass is 9.73. The monoisotopic (exact) mass is 514 g/mol. The van der Waals surface area contributed by atoms with Gasteiger partial charge < -0.3 is 20.7 Å². The molecule has 198 valence electrons. The summed E-state index contributed by atoms with van der Waals surface area (Å²) < 4.78 is 46.2. The summed E-state index contributed by atoms with van der Waals surface area (Å²) >= 11 is 0. The molecule has 3 N–H and O–H groups in total. The highest BCUT2D eigenvalue weighted by atomic mass is 19.4. The van der Waals surface area contributed by atoms with E-state index < -0.39 is 17.8 Å². The van der Waals surface area contributed by atoms with Gasteiger partial charge in [-0.15, -0.1) is 5.10 Å². The molecule has 5 rings (SSSR count). The topological polar surface area (TPSA) is 89.2 Å². The van der Waals surface area contributed by atoms with Crippen molar-refractivity contribution in [3.63, 3.8) is 0 Å². The number of aromatic nitrogens is 3. The molecule has 3 aromatic rings. The molecule has 0 amide bonds. The third-order valence-electron chi connectivity index (χ3n) is 8.24. The molecule has 10 heteroatoms. The zero-order valence-electron chi connectivity index (χ0n) is 21.6. The maximum atomic E-state index is 13.5. The molecule has 7 nitrogen and oxygen atoms in total. The lowest BCUT2D eigenvalue weighted by molar-refractivity contribution is -0.138. The molecule has 1 spiro atoms. The average molecular weight is 515 g/mol. The molecule has 2 aliphatic heterocycles. The SMILES string of the molecule is Cc1c([C@@H](C)Nc2nnc(C)c3ncc(N4CCC5(CC4)CO[C@@H](C)[C@H]5N)cc23)cccc1C(F)(F)F. The summed E-state index contributed by atoms with van der Waals surface area (Å²) in [6, 6.07) is 5.91. The summed E-state index contributed by atoms with van der Waals surface area (Å²) in [7, 11) is 0. The average Bonchev–Trinajstić information content (AvgIpc) is 3.14. The van der Waals surface area contributed by atoms with E-state index >= 15 is 0 Å². The van der Waals surface area contributed by atoms with Crippen LogP contribution in [-0.2, 0) is 10.9 Å². The van der Waals surface area contributed by atoms with Gasteiger partial charge in [0.05, 0.1) is 47.4 Å². The molecule has 2 aliphatic rings. The Morgan fingerprint density at radius 1 is 1.19 bits per heavy atom. The molecule has 2 saturated heterocycles. The summed E-state index contributed by atoms with van der Waals surface area (Å²) in [5.74, 6) is 0.493. The second-order valence-corrected chi connectivity index (χ2v) is 10.5. The molecular formula is C27H33F3N6O. The van der Waals surface area contributed by atoms with Gasteiger partial charge in [-0.1, -0.05) is 12.1 Å². The molecule has 0 aliphatic carbocycles. The van der Waals surface area contributed by atoms with Gasteiger partial charge in [-0.3, -0.25) is 4.98 Å². The molecule has 2 fully saturated rings. The first-order valence-corrected chi connectivity index (χ1v) is 12.7. The fraction of sp³-hybridized carbons (Fsp3) is 0.519. The Labute approximate surface area is 214 Å². The Hall–Kier alpha value is -2.98. The molecule has 0 radical (unpaired) electrons. The van der Waals surface area contributed by atoms with Crippen LogP contribution in [0.3, 0.4) is 0 Å². The summed E-state index contributed by atoms with van der Waals surface area (Å²) in [6.07, 6.45) is -0.587. The normalized spacial score (nSPS) is 22.5. The number of halogens is 3. The summed E-state index contributed by atoms with van der Waals surface area (Å²) in [6.45, 7) is 9.60. The van der Waals surface area contributed by atoms with Gasteiger partial charge in [0, 0.05) is 29.9 Å². The fourth-order valence-corrected chi connectivity index (χ4v) is 5.82. The molecule has 0 bridgehead atoms. The van der Waals surface area contributed by atoms with E-state index in [-0.39, 0.29) is 23.1 Å². The Morgan fingerprint density at radius 3 is 2.57 bits per heavy atom. The number of aryl methyl sites for hydroxylation is 1. The van der Waals surface area contributed by atoms with Crippen molar-refractivity contribution in [2.45, 2.75) is 64.9 Å². The van der Waals surface area contributed by atoms with Crippen LogP contribution in [0.2, 0.25) is 0 Å². The summed E-state index contributed by atoms with van der Waals surface area (Å²) in [5, 5.41) is 12.7. The zero-order valence-corrected chi connectivity index (χ0v) is 21.6. The number of ether oxygens (including phenoxy) is 1. The Bertz CT molecular complexity index is 1310. The maximum absolute atomic E-state index is 13.5. The van der Waals surface area contributed by atoms with Crippen LogP contribution in [0.5, 0.6) is 0 Å². The van der Waals surface area contributed by atoms with Gasteiger partial charge in [0.25, 0.3) is 0 Å². The minimum atomic E-state index is -4.41. The number of anilines is 2. The standard InChI is InChI=1S/C27H33F3N6O/c1-15-20(6-5-7-22(15)27(28,29)30)16(2)33-25-21-12-19(13-32-23(21)17(3)34-35-25)36-10-8-26(9-11-36)14-37-18(4)24(26)31/h5-7,12-13,16,18,24H,8-11,14,31H2,1-4H3,(H,33,35)/t16-,18+,24-/m1/s1. The highest BCUT2D eigenvalue weighted by molar-refractivity contribution is 5.92. The van der Waals surface area contributed by atoms with E-state index in [2.05, 4.69) is 20.4 Å². The number of alkyl halides is 3. The first-order valence-electron chi connectivity index (χ1n) is 12.7. The predicted octanol–water partition coefficient (Wildman–Crippen LogP) is 5.17. The van der Waals surface area contributed by atoms with Gasteiger partial charge in [0.15, 0.2) is 5.82 Å². The van der Waals surface area contributed by atoms with Crippen LogP contribution < -0.4 is 16.0 Å². The number of nitrogens with zero attached hydrogens (tertiary/aromatic N) is 4. The number of fused-ring (bicyclic) bond motifs is 1. The minimum absolute atomic E-state index is 0.0210. The highest BCUT2D eigenvalue weighted by Crippen LogP contribution is 2.42. The van der Waals surface area contributed by atoms with Crippen LogP contribution in [0.1, 0.15) is 55.1 Å². The number of nitrogens with one attached hydrogen (secondary N) is 1. The van der Waals surface area contributed by atoms with Crippen LogP contribution in [0.15, 0.2) is 30.5 Å². The Kier molecular flexibility index (Phi) is 6.52. The number of piperidine rings is 1. The third kappa shape index (κ3) is 4.61. The van der Waals surface area contributed by atoms with Crippen molar-refractivity contribution >= 4 is 22.4 Å². The molecule has 0 unspecified atom stereocenters. The number of hydrogen-bond acceptors (Lipinski definition) is 7. The van der Waals surface area contributed by atoms with Crippen molar-refractivity contribution in [2.75, 3.05) is 29.9 Å². The first kappa shape index (κ1) is 25.7. The number of hydrogen-bond donors (Lipinski definition) is 2. The molecule has 1 aromatic carbocycles. The van der Waals surface area contributed by atoms with Gasteiger partial charge in [0.1, 0.15) is 0 Å². The van der Waals surface area contributed by atoms with Crippen LogP contribution in [0.4, 0.5) is 24.7 Å². The molecule has 0 saturated carbocycles. The lowest BCUT2D eigenvalue weighted by Crippen LogP contribution is -2.50. The number of benzene rings is 1. The highest BCUT2D eigenvalue weighted by Gasteiger charge is 2.47. The quantitative estimate of drug-likeness (QED) is 0.497. The van der Waals surface area contributed by atoms with Crippen molar-refractivity contribution in [1.82, 2.24) is 15.2 Å². The predicted molar refractivity (Wildman–Crippen MR) is 138 cm³/mol. The van der Waals surface area contributed by atoms with Crippen LogP contribution in [-0.4, -0.2) is 47.0 Å². The van der Waals surface area contributed by atoms with Gasteiger partial charge in [-0.25, -0.2) is 0 Å². The van der Waals surface area contributed by atoms with E-state index in [1.807, 2.05) is 33.0 Å². The summed E-state index contributed by atoms with van der Waals surface area (Å²) in [4.78, 5) is 6.99. The Morgan fingerprint density at radius 2 is 1.92 bits per heavy atom. The van der Waals surface area contributed by atoms with E-state index in [4.69, 9.17) is 15.5 Å². The van der Waals surface area contributed by atoms with Crippen molar-refractivity contribution in [1.29, 1.82) is 0 Å². The van der Waals surface area contributed by atoms with E-state index in [9.17, 15) is 13.2 Å². The van der Waals surface area contributed by atoms with Gasteiger partial charge in [0.2, 0.25) is 0 Å². The smallest absolute Gasteiger partial charge is 0.376 e. The minimum Gasteiger partial charge on any atom is -0.376 e. The summed E-state index contributed by atoms with van der Waals surface area (Å²) in [5.41, 5.74) is 9.00.